The maximum absolute atomic E-state index is 15.2. The lowest BCUT2D eigenvalue weighted by atomic mass is 9.94. The topological polar surface area (TPSA) is 104 Å². The molecule has 2 atom stereocenters. The van der Waals surface area contributed by atoms with Gasteiger partial charge >= 0.3 is 11.9 Å². The minimum Gasteiger partial charge on any atom is -0.462 e. The third kappa shape index (κ3) is 34.2. The third-order valence-corrected chi connectivity index (χ3v) is 32.4. The lowest BCUT2D eigenvalue weighted by molar-refractivity contribution is 0.0415. The predicted molar refractivity (Wildman–Crippen MR) is 500 cm³/mol. The first kappa shape index (κ1) is 94.3. The number of aryl methyl sites for hydroxylation is 4. The van der Waals surface area contributed by atoms with Crippen LogP contribution in [-0.2, 0) is 22.3 Å². The molecule has 0 aliphatic carbocycles. The first-order chi connectivity index (χ1) is 55.0. The normalized spacial score (nSPS) is 12.5. The molecule has 0 fully saturated rings. The van der Waals surface area contributed by atoms with E-state index in [0.717, 1.165) is 109 Å². The molecule has 0 spiro atoms. The van der Waals surface area contributed by atoms with E-state index in [2.05, 4.69) is 73.6 Å². The number of unbranched alkanes of at least 4 members (excludes halogenated alkanes) is 46. The Hall–Kier alpha value is -3.22. The smallest absolute Gasteiger partial charge is 0.339 e. The zero-order valence-electron chi connectivity index (χ0n) is 71.6. The molecule has 8 rings (SSSR count). The van der Waals surface area contributed by atoms with Crippen LogP contribution < -0.4 is 0 Å². The van der Waals surface area contributed by atoms with Gasteiger partial charge < -0.3 is 9.47 Å². The number of hydrogen-bond acceptors (Lipinski definition) is 16. The molecule has 8 aromatic heterocycles. The Morgan fingerprint density at radius 2 is 0.518 bits per heavy atom. The highest BCUT2D eigenvalue weighted by Crippen LogP contribution is 2.50. The van der Waals surface area contributed by atoms with Gasteiger partial charge in [0.15, 0.2) is 19.3 Å². The Morgan fingerprint density at radius 3 is 0.857 bits per heavy atom. The van der Waals surface area contributed by atoms with Crippen LogP contribution in [-0.4, -0.2) is 45.1 Å². The van der Waals surface area contributed by atoms with Gasteiger partial charge in [0.25, 0.3) is 0 Å². The third-order valence-electron chi connectivity index (χ3n) is 23.1. The summed E-state index contributed by atoms with van der Waals surface area (Å²) in [6.45, 7) is 19.0. The molecule has 0 saturated heterocycles. The molecule has 0 amide bonds. The second-order valence-electron chi connectivity index (χ2n) is 33.3. The van der Waals surface area contributed by atoms with Crippen molar-refractivity contribution in [1.82, 2.24) is 19.9 Å². The molecular formula is C96H150N4O4S8. The average Bonchev–Trinajstić information content (AvgIpc) is 1.61. The number of esters is 2. The Bertz CT molecular complexity index is 3710. The van der Waals surface area contributed by atoms with Crippen molar-refractivity contribution in [3.05, 3.63) is 56.3 Å². The lowest BCUT2D eigenvalue weighted by Crippen LogP contribution is -2.15. The van der Waals surface area contributed by atoms with E-state index in [1.807, 2.05) is 28.7 Å². The van der Waals surface area contributed by atoms with Gasteiger partial charge in [-0.25, -0.2) is 29.5 Å². The first-order valence-corrected chi connectivity index (χ1v) is 52.9. The van der Waals surface area contributed by atoms with Gasteiger partial charge in [0, 0.05) is 19.5 Å². The molecule has 0 aromatic carbocycles. The van der Waals surface area contributed by atoms with Crippen LogP contribution >= 0.6 is 90.7 Å². The van der Waals surface area contributed by atoms with Crippen LogP contribution in [0.1, 0.15) is 443 Å². The van der Waals surface area contributed by atoms with E-state index in [9.17, 15) is 4.79 Å². The van der Waals surface area contributed by atoms with E-state index in [1.165, 1.54) is 353 Å². The minimum atomic E-state index is -0.258. The van der Waals surface area contributed by atoms with Crippen molar-refractivity contribution in [1.29, 1.82) is 0 Å². The number of carbonyl (C=O) groups is 2. The van der Waals surface area contributed by atoms with Crippen LogP contribution in [0, 0.1) is 25.7 Å². The number of rotatable bonds is 69. The molecule has 8 heterocycles. The van der Waals surface area contributed by atoms with Gasteiger partial charge in [-0.1, -0.05) is 408 Å². The molecular weight excluding hydrogens is 1530 g/mol. The van der Waals surface area contributed by atoms with E-state index in [0.29, 0.717) is 36.2 Å². The van der Waals surface area contributed by atoms with Gasteiger partial charge in [0.2, 0.25) is 0 Å². The van der Waals surface area contributed by atoms with Crippen molar-refractivity contribution in [2.45, 2.75) is 428 Å². The Balaban J connectivity index is 1.05. The highest BCUT2D eigenvalue weighted by molar-refractivity contribution is 7.34. The van der Waals surface area contributed by atoms with Gasteiger partial charge in [-0.05, 0) is 112 Å². The lowest BCUT2D eigenvalue weighted by Gasteiger charge is -2.17. The molecule has 8 aromatic rings. The van der Waals surface area contributed by atoms with Crippen LogP contribution in [0.5, 0.6) is 0 Å². The van der Waals surface area contributed by atoms with E-state index >= 15 is 4.79 Å². The summed E-state index contributed by atoms with van der Waals surface area (Å²) >= 11 is 13.6. The van der Waals surface area contributed by atoms with E-state index < -0.39 is 0 Å². The SMILES string of the molecule is CCCCCCCCCCCCCCc1cc(C)sc1-c1nc2sc(-c3sc(-c4cc(C(=O)OCC(CCCCCCCC)CCCCCCCCCC)c(-c5nc6sc(-c7sc(C)cc7C(=O)OCC(CCCCCCCC)CCCCCCCCCC)nc6s5)s4)cc3CCCCCCCCCCCCCC)nc2s1. The van der Waals surface area contributed by atoms with Crippen LogP contribution in [0.4, 0.5) is 0 Å². The Morgan fingerprint density at radius 1 is 0.277 bits per heavy atom. The summed E-state index contributed by atoms with van der Waals surface area (Å²) in [6.07, 6.45) is 74.6. The zero-order valence-corrected chi connectivity index (χ0v) is 78.1. The van der Waals surface area contributed by atoms with Crippen LogP contribution in [0.15, 0.2) is 24.3 Å². The van der Waals surface area contributed by atoms with E-state index in [4.69, 9.17) is 29.4 Å². The number of carbonyl (C=O) groups excluding carboxylic acids is 2. The zero-order chi connectivity index (χ0) is 79.0. The first-order valence-electron chi connectivity index (χ1n) is 46.4. The van der Waals surface area contributed by atoms with Crippen molar-refractivity contribution < 1.29 is 19.1 Å². The minimum absolute atomic E-state index is 0.246. The summed E-state index contributed by atoms with van der Waals surface area (Å²) in [4.78, 5) is 63.8. The van der Waals surface area contributed by atoms with Gasteiger partial charge in [0.05, 0.1) is 43.8 Å². The highest BCUT2D eigenvalue weighted by Gasteiger charge is 2.29. The van der Waals surface area contributed by atoms with Crippen molar-refractivity contribution in [2.24, 2.45) is 11.8 Å². The maximum atomic E-state index is 15.2. The molecule has 0 saturated carbocycles. The number of aromatic nitrogens is 4. The molecule has 0 aliphatic heterocycles. The molecule has 2 unspecified atom stereocenters. The number of fused-ring (bicyclic) bond motifs is 2. The Kier molecular flexibility index (Phi) is 48.0. The molecule has 8 nitrogen and oxygen atoms in total. The molecule has 0 radical (unpaired) electrons. The predicted octanol–water partition coefficient (Wildman–Crippen LogP) is 35.6. The quantitative estimate of drug-likeness (QED) is 0.0274. The van der Waals surface area contributed by atoms with Crippen LogP contribution in [0.2, 0.25) is 0 Å². The number of ether oxygens (including phenoxy) is 2. The van der Waals surface area contributed by atoms with Crippen molar-refractivity contribution in [3.63, 3.8) is 0 Å². The largest absolute Gasteiger partial charge is 0.462 e. The monoisotopic (exact) mass is 1680 g/mol. The van der Waals surface area contributed by atoms with Crippen molar-refractivity contribution >= 4 is 122 Å². The summed E-state index contributed by atoms with van der Waals surface area (Å²) < 4.78 is 13.0. The summed E-state index contributed by atoms with van der Waals surface area (Å²) in [5.41, 5.74) is 3.99. The molecule has 112 heavy (non-hydrogen) atoms. The van der Waals surface area contributed by atoms with Gasteiger partial charge in [0.1, 0.15) is 20.0 Å². The number of hydrogen-bond donors (Lipinski definition) is 0. The summed E-state index contributed by atoms with van der Waals surface area (Å²) in [7, 11) is 0. The van der Waals surface area contributed by atoms with Gasteiger partial charge in [-0.2, -0.15) is 0 Å². The second-order valence-corrected chi connectivity index (χ2v) is 41.8. The molecule has 16 heteroatoms. The molecule has 626 valence electrons. The molecule has 0 N–H and O–H groups in total. The summed E-state index contributed by atoms with van der Waals surface area (Å²) in [5.74, 6) is 0.206. The fraction of sp³-hybridized carbons (Fsp3) is 0.729. The van der Waals surface area contributed by atoms with Crippen LogP contribution in [0.3, 0.4) is 0 Å². The molecule has 0 aliphatic rings. The Labute approximate surface area is 713 Å². The maximum Gasteiger partial charge on any atom is 0.339 e. The number of nitrogens with zero attached hydrogens (tertiary/aromatic N) is 4. The van der Waals surface area contributed by atoms with Gasteiger partial charge in [-0.15, -0.1) is 45.3 Å². The fourth-order valence-corrected chi connectivity index (χ4v) is 25.2. The number of thiazole rings is 4. The van der Waals surface area contributed by atoms with Crippen molar-refractivity contribution in [3.8, 4) is 49.3 Å². The highest BCUT2D eigenvalue weighted by atomic mass is 32.1. The number of thiophene rings is 4. The summed E-state index contributed by atoms with van der Waals surface area (Å²) in [5, 5.41) is 3.75. The second kappa shape index (κ2) is 57.0. The summed E-state index contributed by atoms with van der Waals surface area (Å²) in [6, 6.07) is 8.99. The average molecular weight is 1680 g/mol. The van der Waals surface area contributed by atoms with Gasteiger partial charge in [-0.3, -0.25) is 0 Å². The van der Waals surface area contributed by atoms with E-state index in [-0.39, 0.29) is 11.9 Å². The van der Waals surface area contributed by atoms with E-state index in [1.54, 1.807) is 68.0 Å². The van der Waals surface area contributed by atoms with Crippen molar-refractivity contribution in [2.75, 3.05) is 13.2 Å². The fourth-order valence-electron chi connectivity index (χ4n) is 16.2. The molecule has 0 bridgehead atoms. The van der Waals surface area contributed by atoms with Crippen LogP contribution in [0.25, 0.3) is 68.6 Å². The standard InChI is InChI=1S/C96H150N4O4S8/c1-9-15-21-27-33-37-39-41-43-47-53-59-65-77-67-73(7)105-83(77)87-97-91-92(109-87)98-88(110-91)84-78(66-60-54-48-44-42-40-38-34-28-22-16-10-2)69-81(107-84)82-70-80(96(102)104-72-76(62-56-50-32-26-20-14-6)64-58-52-46-36-30-24-18-12-4)86(108-82)90-100-94-93(112-90)99-89(111-94)85-79(68-74(8)106-85)95(101)103-71-75(61-55-49-31-25-19-13-5)63-57-51-45-35-29-23-17-11-3/h67-70,75-76H,9-66,71-72H2,1-8H3.